The molecule has 2 aromatic rings. The van der Waals surface area contributed by atoms with E-state index in [1.807, 2.05) is 34.9 Å². The molecule has 0 aromatic carbocycles. The second-order valence-corrected chi connectivity index (χ2v) is 10.1. The number of thioether (sulfide) groups is 1. The van der Waals surface area contributed by atoms with Crippen LogP contribution in [0, 0.1) is 0 Å². The average Bonchev–Trinajstić information content (AvgIpc) is 3.55. The lowest BCUT2D eigenvalue weighted by molar-refractivity contribution is -0.689. The summed E-state index contributed by atoms with van der Waals surface area (Å²) in [5.74, 6) is -2.38. The van der Waals surface area contributed by atoms with E-state index in [2.05, 4.69) is 19.8 Å². The van der Waals surface area contributed by atoms with Crippen molar-refractivity contribution in [1.29, 1.82) is 0 Å². The van der Waals surface area contributed by atoms with E-state index in [1.165, 1.54) is 16.7 Å². The maximum absolute atomic E-state index is 13.1. The highest BCUT2D eigenvalue weighted by Gasteiger charge is 2.53. The number of nitrogen functional groups attached to an aromatic ring is 1. The number of hydrogen-bond donors (Lipinski definition) is 2. The van der Waals surface area contributed by atoms with Crippen LogP contribution < -0.4 is 20.7 Å². The maximum atomic E-state index is 13.1. The molecule has 2 aliphatic heterocycles. The van der Waals surface area contributed by atoms with Gasteiger partial charge in [0.2, 0.25) is 11.5 Å². The number of allylic oxidation sites excluding steroid dienone is 1. The number of nitrogens with zero attached hydrogens (tertiary/aromatic N) is 5. The Balaban J connectivity index is 1.34. The maximum Gasteiger partial charge on any atom is 0.278 e. The molecule has 5 rings (SSSR count). The van der Waals surface area contributed by atoms with Gasteiger partial charge in [-0.2, -0.15) is 9.36 Å². The lowest BCUT2D eigenvalue weighted by atomic mass is 10.0. The highest BCUT2D eigenvalue weighted by Crippen LogP contribution is 2.40. The van der Waals surface area contributed by atoms with Crippen LogP contribution in [0.5, 0.6) is 0 Å². The fraction of sp³-hybridized carbons (Fsp3) is 0.318. The Hall–Kier alpha value is -3.78. The largest absolute Gasteiger partial charge is 0.543 e. The fourth-order valence-corrected chi connectivity index (χ4v) is 5.86. The number of hydrogen-bond acceptors (Lipinski definition) is 11. The zero-order valence-corrected chi connectivity index (χ0v) is 20.4. The molecular formula is C22H21N7O5S2. The zero-order chi connectivity index (χ0) is 25.2. The second kappa shape index (κ2) is 10.1. The molecule has 2 unspecified atom stereocenters. The molecule has 1 fully saturated rings. The van der Waals surface area contributed by atoms with E-state index < -0.39 is 29.2 Å². The topological polar surface area (TPSA) is 167 Å². The molecule has 2 amide bonds. The van der Waals surface area contributed by atoms with Crippen LogP contribution in [-0.2, 0) is 25.8 Å². The molecule has 14 heteroatoms. The minimum Gasteiger partial charge on any atom is -0.543 e. The van der Waals surface area contributed by atoms with Gasteiger partial charge in [0, 0.05) is 35.0 Å². The molecule has 36 heavy (non-hydrogen) atoms. The van der Waals surface area contributed by atoms with Crippen LogP contribution in [-0.4, -0.2) is 61.0 Å². The molecule has 2 aromatic heterocycles. The molecule has 3 atom stereocenters. The van der Waals surface area contributed by atoms with Crippen molar-refractivity contribution in [2.24, 2.45) is 5.16 Å². The van der Waals surface area contributed by atoms with Gasteiger partial charge in [0.15, 0.2) is 24.1 Å². The Morgan fingerprint density at radius 1 is 1.33 bits per heavy atom. The SMILES string of the molecule is Nc1nc(C(=NOC2C=CCC2)C(=O)NC2C(=O)N3C(C(=O)[O-])=C(C[n+]4ccccc4)CS[C@H]23)ns1. The number of anilines is 1. The van der Waals surface area contributed by atoms with E-state index in [-0.39, 0.29) is 28.5 Å². The van der Waals surface area contributed by atoms with Crippen LogP contribution in [0.2, 0.25) is 0 Å². The Morgan fingerprint density at radius 3 is 2.81 bits per heavy atom. The average molecular weight is 528 g/mol. The summed E-state index contributed by atoms with van der Waals surface area (Å²) in [7, 11) is 0. The van der Waals surface area contributed by atoms with Crippen LogP contribution >= 0.6 is 23.3 Å². The highest BCUT2D eigenvalue weighted by atomic mass is 32.2. The van der Waals surface area contributed by atoms with Crippen LogP contribution in [0.25, 0.3) is 0 Å². The molecule has 186 valence electrons. The molecule has 0 spiro atoms. The molecule has 0 radical (unpaired) electrons. The highest BCUT2D eigenvalue weighted by molar-refractivity contribution is 8.00. The van der Waals surface area contributed by atoms with Gasteiger partial charge in [-0.15, -0.1) is 11.8 Å². The van der Waals surface area contributed by atoms with Crippen molar-refractivity contribution in [3.63, 3.8) is 0 Å². The number of rotatable bonds is 8. The van der Waals surface area contributed by atoms with Crippen LogP contribution in [0.1, 0.15) is 18.7 Å². The van der Waals surface area contributed by atoms with E-state index in [4.69, 9.17) is 10.6 Å². The number of carbonyl (C=O) groups excluding carboxylic acids is 3. The Morgan fingerprint density at radius 2 is 2.14 bits per heavy atom. The van der Waals surface area contributed by atoms with Crippen molar-refractivity contribution < 1.29 is 28.9 Å². The minimum absolute atomic E-state index is 0.0191. The first-order chi connectivity index (χ1) is 17.4. The molecule has 12 nitrogen and oxygen atoms in total. The number of carboxylic acid groups (broad SMARTS) is 1. The Kier molecular flexibility index (Phi) is 6.69. The fourth-order valence-electron chi connectivity index (χ4n) is 4.09. The minimum atomic E-state index is -1.44. The molecule has 0 bridgehead atoms. The lowest BCUT2D eigenvalue weighted by Gasteiger charge is -2.50. The predicted molar refractivity (Wildman–Crippen MR) is 128 cm³/mol. The summed E-state index contributed by atoms with van der Waals surface area (Å²) < 4.78 is 5.86. The summed E-state index contributed by atoms with van der Waals surface area (Å²) in [5.41, 5.74) is 5.84. The first kappa shape index (κ1) is 23.9. The van der Waals surface area contributed by atoms with E-state index in [0.717, 1.165) is 24.4 Å². The molecular weight excluding hydrogens is 506 g/mol. The number of nitrogens with two attached hydrogens (primary N) is 1. The van der Waals surface area contributed by atoms with Crippen LogP contribution in [0.15, 0.2) is 59.2 Å². The van der Waals surface area contributed by atoms with E-state index in [1.54, 1.807) is 12.4 Å². The van der Waals surface area contributed by atoms with Crippen LogP contribution in [0.4, 0.5) is 5.13 Å². The first-order valence-corrected chi connectivity index (χ1v) is 12.9. The van der Waals surface area contributed by atoms with Crippen LogP contribution in [0.3, 0.4) is 0 Å². The number of aromatic nitrogens is 3. The van der Waals surface area contributed by atoms with Crippen molar-refractivity contribution in [1.82, 2.24) is 19.6 Å². The molecule has 3 N–H and O–H groups in total. The molecule has 1 saturated heterocycles. The molecule has 0 saturated carbocycles. The Labute approximate surface area is 213 Å². The zero-order valence-electron chi connectivity index (χ0n) is 18.8. The smallest absolute Gasteiger partial charge is 0.278 e. The number of carboxylic acids is 1. The lowest BCUT2D eigenvalue weighted by Crippen LogP contribution is -2.71. The molecule has 1 aliphatic carbocycles. The van der Waals surface area contributed by atoms with Gasteiger partial charge in [0.1, 0.15) is 17.5 Å². The standard InChI is InChI=1S/C22H21N7O5S2/c23-22-25-17(27-36-22)14(26-34-13-6-2-3-7-13)18(30)24-15-19(31)29-16(21(32)33)12(11-35-20(15)29)10-28-8-4-1-5-9-28/h1-2,4-6,8-9,13,15,20H,3,7,10-11H2,(H3-,23,24,25,27,30,32,33)/t13?,15?,20-/m1/s1. The van der Waals surface area contributed by atoms with E-state index in [9.17, 15) is 19.5 Å². The summed E-state index contributed by atoms with van der Waals surface area (Å²) in [6, 6.07) is 4.55. The van der Waals surface area contributed by atoms with Gasteiger partial charge in [-0.05, 0) is 18.9 Å². The van der Waals surface area contributed by atoms with Gasteiger partial charge in [-0.25, -0.2) is 4.57 Å². The second-order valence-electron chi connectivity index (χ2n) is 8.19. The summed E-state index contributed by atoms with van der Waals surface area (Å²) in [4.78, 5) is 48.8. The number of nitrogens with one attached hydrogen (secondary N) is 1. The molecule has 3 aliphatic rings. The van der Waals surface area contributed by atoms with Gasteiger partial charge in [-0.1, -0.05) is 17.3 Å². The van der Waals surface area contributed by atoms with Gasteiger partial charge in [0.25, 0.3) is 11.8 Å². The van der Waals surface area contributed by atoms with Gasteiger partial charge >= 0.3 is 0 Å². The third kappa shape index (κ3) is 4.68. The van der Waals surface area contributed by atoms with Crippen molar-refractivity contribution >= 4 is 51.9 Å². The van der Waals surface area contributed by atoms with E-state index >= 15 is 0 Å². The Bertz CT molecular complexity index is 1290. The monoisotopic (exact) mass is 527 g/mol. The number of amides is 2. The molecule has 4 heterocycles. The number of fused-ring (bicyclic) bond motifs is 1. The summed E-state index contributed by atoms with van der Waals surface area (Å²) in [6.45, 7) is 0.297. The van der Waals surface area contributed by atoms with Gasteiger partial charge < -0.3 is 25.8 Å². The summed E-state index contributed by atoms with van der Waals surface area (Å²) >= 11 is 2.26. The first-order valence-electron chi connectivity index (χ1n) is 11.1. The summed E-state index contributed by atoms with van der Waals surface area (Å²) in [5, 5.41) is 18.1. The van der Waals surface area contributed by atoms with Gasteiger partial charge in [-0.3, -0.25) is 14.5 Å². The normalized spacial score (nSPS) is 23.3. The van der Waals surface area contributed by atoms with Gasteiger partial charge in [0.05, 0.1) is 11.7 Å². The van der Waals surface area contributed by atoms with Crippen molar-refractivity contribution in [2.75, 3.05) is 11.5 Å². The van der Waals surface area contributed by atoms with E-state index in [0.29, 0.717) is 17.9 Å². The van der Waals surface area contributed by atoms with Crippen molar-refractivity contribution in [3.8, 4) is 0 Å². The predicted octanol–water partition coefficient (Wildman–Crippen LogP) is -1.05. The number of carbonyl (C=O) groups is 3. The third-order valence-corrected chi connectivity index (χ3v) is 7.68. The third-order valence-electron chi connectivity index (χ3n) is 5.79. The number of pyridine rings is 1. The number of aliphatic carboxylic acids is 1. The quantitative estimate of drug-likeness (QED) is 0.143. The number of oxime groups is 1. The summed E-state index contributed by atoms with van der Waals surface area (Å²) in [6.07, 6.45) is 8.69. The van der Waals surface area contributed by atoms with Crippen molar-refractivity contribution in [3.05, 3.63) is 59.8 Å². The van der Waals surface area contributed by atoms with Crippen molar-refractivity contribution in [2.45, 2.75) is 36.9 Å². The number of β-lactam (4-membered cyclic amide) rings is 1.